The van der Waals surface area contributed by atoms with Crippen LogP contribution in [0.3, 0.4) is 0 Å². The van der Waals surface area contributed by atoms with Crippen molar-refractivity contribution >= 4 is 11.9 Å². The van der Waals surface area contributed by atoms with Gasteiger partial charge in [0.1, 0.15) is 0 Å². The van der Waals surface area contributed by atoms with Crippen molar-refractivity contribution in [2.75, 3.05) is 39.4 Å². The Labute approximate surface area is 156 Å². The second-order valence-corrected chi connectivity index (χ2v) is 6.49. The number of ether oxygens (including phenoxy) is 2. The summed E-state index contributed by atoms with van der Waals surface area (Å²) in [5.74, 6) is -0.345. The van der Waals surface area contributed by atoms with E-state index in [0.29, 0.717) is 26.2 Å². The molecule has 1 aromatic carbocycles. The maximum atomic E-state index is 11.8. The summed E-state index contributed by atoms with van der Waals surface area (Å²) >= 11 is 0. The molecule has 0 unspecified atom stereocenters. The molecule has 1 atom stereocenters. The van der Waals surface area contributed by atoms with E-state index in [-0.39, 0.29) is 18.0 Å². The molecule has 0 aromatic heterocycles. The van der Waals surface area contributed by atoms with Gasteiger partial charge in [-0.15, -0.1) is 0 Å². The molecular weight excluding hydrogens is 332 g/mol. The van der Waals surface area contributed by atoms with E-state index in [2.05, 4.69) is 21.9 Å². The van der Waals surface area contributed by atoms with Gasteiger partial charge >= 0.3 is 11.9 Å². The van der Waals surface area contributed by atoms with Crippen LogP contribution < -0.4 is 0 Å². The fourth-order valence-electron chi connectivity index (χ4n) is 3.31. The number of carbonyl (C=O) groups is 2. The van der Waals surface area contributed by atoms with Crippen LogP contribution in [0.15, 0.2) is 30.3 Å². The molecule has 0 spiro atoms. The molecule has 0 bridgehead atoms. The Morgan fingerprint density at radius 3 is 2.42 bits per heavy atom. The average Bonchev–Trinajstić information content (AvgIpc) is 2.63. The van der Waals surface area contributed by atoms with E-state index in [9.17, 15) is 9.59 Å². The van der Waals surface area contributed by atoms with Gasteiger partial charge in [-0.25, -0.2) is 0 Å². The number of hydrogen-bond acceptors (Lipinski definition) is 6. The molecular formula is C20H30N2O4. The van der Waals surface area contributed by atoms with Gasteiger partial charge in [0.2, 0.25) is 0 Å². The minimum atomic E-state index is -0.187. The molecule has 26 heavy (non-hydrogen) atoms. The van der Waals surface area contributed by atoms with E-state index in [4.69, 9.17) is 9.47 Å². The molecule has 0 aliphatic carbocycles. The van der Waals surface area contributed by atoms with Crippen LogP contribution in [0.5, 0.6) is 0 Å². The van der Waals surface area contributed by atoms with Crippen LogP contribution in [0.2, 0.25) is 0 Å². The van der Waals surface area contributed by atoms with Crippen molar-refractivity contribution in [1.82, 2.24) is 9.80 Å². The van der Waals surface area contributed by atoms with E-state index in [0.717, 1.165) is 32.6 Å². The lowest BCUT2D eigenvalue weighted by atomic mass is 10.0. The summed E-state index contributed by atoms with van der Waals surface area (Å²) in [7, 11) is 0. The minimum absolute atomic E-state index is 0.158. The zero-order valence-corrected chi connectivity index (χ0v) is 15.9. The van der Waals surface area contributed by atoms with Crippen LogP contribution in [-0.2, 0) is 25.6 Å². The SMILES string of the molecule is CCOC(=O)CC[C@H]1CN(CC(=O)OCC)CCN1Cc1ccccc1. The summed E-state index contributed by atoms with van der Waals surface area (Å²) in [6, 6.07) is 10.5. The number of esters is 2. The quantitative estimate of drug-likeness (QED) is 0.627. The maximum absolute atomic E-state index is 11.8. The fourth-order valence-corrected chi connectivity index (χ4v) is 3.31. The maximum Gasteiger partial charge on any atom is 0.320 e. The Hall–Kier alpha value is -1.92. The van der Waals surface area contributed by atoms with Crippen molar-refractivity contribution in [3.8, 4) is 0 Å². The third-order valence-electron chi connectivity index (χ3n) is 4.56. The molecule has 6 heteroatoms. The van der Waals surface area contributed by atoms with Gasteiger partial charge in [0, 0.05) is 38.6 Å². The third-order valence-corrected chi connectivity index (χ3v) is 4.56. The predicted octanol–water partition coefficient (Wildman–Crippen LogP) is 2.08. The standard InChI is InChI=1S/C20H30N2O4/c1-3-25-19(23)11-10-18-15-21(16-20(24)26-4-2)12-13-22(18)14-17-8-6-5-7-9-17/h5-9,18H,3-4,10-16H2,1-2H3/t18-/m0/s1. The summed E-state index contributed by atoms with van der Waals surface area (Å²) in [5.41, 5.74) is 1.26. The topological polar surface area (TPSA) is 59.1 Å². The summed E-state index contributed by atoms with van der Waals surface area (Å²) < 4.78 is 10.1. The van der Waals surface area contributed by atoms with Gasteiger partial charge in [-0.05, 0) is 25.8 Å². The van der Waals surface area contributed by atoms with Crippen molar-refractivity contribution in [2.45, 2.75) is 39.3 Å². The zero-order chi connectivity index (χ0) is 18.8. The molecule has 1 aliphatic rings. The Bertz CT molecular complexity index is 564. The predicted molar refractivity (Wildman–Crippen MR) is 99.6 cm³/mol. The molecule has 0 N–H and O–H groups in total. The van der Waals surface area contributed by atoms with E-state index in [1.165, 1.54) is 5.56 Å². The van der Waals surface area contributed by atoms with Crippen molar-refractivity contribution < 1.29 is 19.1 Å². The number of nitrogens with zero attached hydrogens (tertiary/aromatic N) is 2. The summed E-state index contributed by atoms with van der Waals surface area (Å²) in [5, 5.41) is 0. The third kappa shape index (κ3) is 6.77. The van der Waals surface area contributed by atoms with E-state index in [1.54, 1.807) is 0 Å². The molecule has 0 radical (unpaired) electrons. The Balaban J connectivity index is 1.96. The Morgan fingerprint density at radius 2 is 1.73 bits per heavy atom. The van der Waals surface area contributed by atoms with Crippen LogP contribution in [-0.4, -0.2) is 67.2 Å². The van der Waals surface area contributed by atoms with Crippen LogP contribution in [0.4, 0.5) is 0 Å². The minimum Gasteiger partial charge on any atom is -0.466 e. The van der Waals surface area contributed by atoms with Gasteiger partial charge in [-0.1, -0.05) is 30.3 Å². The first-order valence-electron chi connectivity index (χ1n) is 9.44. The highest BCUT2D eigenvalue weighted by molar-refractivity contribution is 5.71. The van der Waals surface area contributed by atoms with Crippen LogP contribution >= 0.6 is 0 Å². The molecule has 1 saturated heterocycles. The highest BCUT2D eigenvalue weighted by Crippen LogP contribution is 2.18. The van der Waals surface area contributed by atoms with Gasteiger partial charge < -0.3 is 9.47 Å². The Kier molecular flexibility index (Phi) is 8.58. The lowest BCUT2D eigenvalue weighted by Crippen LogP contribution is -2.53. The first-order valence-corrected chi connectivity index (χ1v) is 9.44. The van der Waals surface area contributed by atoms with Gasteiger partial charge in [0.15, 0.2) is 0 Å². The molecule has 6 nitrogen and oxygen atoms in total. The van der Waals surface area contributed by atoms with E-state index in [1.807, 2.05) is 32.0 Å². The van der Waals surface area contributed by atoms with Gasteiger partial charge in [0.05, 0.1) is 19.8 Å². The summed E-state index contributed by atoms with van der Waals surface area (Å²) in [4.78, 5) is 28.1. The molecule has 2 rings (SSSR count). The number of piperazine rings is 1. The Morgan fingerprint density at radius 1 is 1.04 bits per heavy atom. The molecule has 1 fully saturated rings. The first-order chi connectivity index (χ1) is 12.6. The number of rotatable bonds is 9. The van der Waals surface area contributed by atoms with Crippen LogP contribution in [0.1, 0.15) is 32.3 Å². The van der Waals surface area contributed by atoms with Crippen LogP contribution in [0, 0.1) is 0 Å². The molecule has 0 amide bonds. The molecule has 144 valence electrons. The van der Waals surface area contributed by atoms with Gasteiger partial charge in [-0.3, -0.25) is 19.4 Å². The van der Waals surface area contributed by atoms with Crippen molar-refractivity contribution in [2.24, 2.45) is 0 Å². The zero-order valence-electron chi connectivity index (χ0n) is 15.9. The molecule has 0 saturated carbocycles. The number of hydrogen-bond donors (Lipinski definition) is 0. The smallest absolute Gasteiger partial charge is 0.320 e. The average molecular weight is 362 g/mol. The highest BCUT2D eigenvalue weighted by Gasteiger charge is 2.28. The largest absolute Gasteiger partial charge is 0.466 e. The normalized spacial score (nSPS) is 18.5. The summed E-state index contributed by atoms with van der Waals surface area (Å²) in [6.07, 6.45) is 1.13. The lowest BCUT2D eigenvalue weighted by Gasteiger charge is -2.41. The van der Waals surface area contributed by atoms with Gasteiger partial charge in [-0.2, -0.15) is 0 Å². The van der Waals surface area contributed by atoms with Gasteiger partial charge in [0.25, 0.3) is 0 Å². The molecule has 1 aromatic rings. The fraction of sp³-hybridized carbons (Fsp3) is 0.600. The highest BCUT2D eigenvalue weighted by atomic mass is 16.5. The van der Waals surface area contributed by atoms with Crippen LogP contribution in [0.25, 0.3) is 0 Å². The van der Waals surface area contributed by atoms with Crippen molar-refractivity contribution in [3.05, 3.63) is 35.9 Å². The van der Waals surface area contributed by atoms with Crippen molar-refractivity contribution in [3.63, 3.8) is 0 Å². The van der Waals surface area contributed by atoms with E-state index >= 15 is 0 Å². The second-order valence-electron chi connectivity index (χ2n) is 6.49. The number of benzene rings is 1. The first kappa shape index (κ1) is 20.4. The lowest BCUT2D eigenvalue weighted by molar-refractivity contribution is -0.146. The monoisotopic (exact) mass is 362 g/mol. The molecule has 1 aliphatic heterocycles. The van der Waals surface area contributed by atoms with E-state index < -0.39 is 0 Å². The summed E-state index contributed by atoms with van der Waals surface area (Å²) in [6.45, 7) is 8.04. The van der Waals surface area contributed by atoms with Crippen molar-refractivity contribution in [1.29, 1.82) is 0 Å². The second kappa shape index (κ2) is 10.9. The molecule has 1 heterocycles. The number of carbonyl (C=O) groups excluding carboxylic acids is 2.